The summed E-state index contributed by atoms with van der Waals surface area (Å²) in [6.07, 6.45) is 0.226. The first-order chi connectivity index (χ1) is 11.3. The van der Waals surface area contributed by atoms with Crippen molar-refractivity contribution in [2.45, 2.75) is 25.6 Å². The van der Waals surface area contributed by atoms with Gasteiger partial charge in [-0.3, -0.25) is 4.90 Å². The van der Waals surface area contributed by atoms with Crippen molar-refractivity contribution < 1.29 is 4.39 Å². The molecule has 0 aromatic heterocycles. The van der Waals surface area contributed by atoms with E-state index in [2.05, 4.69) is 47.4 Å². The number of halogens is 1. The summed E-state index contributed by atoms with van der Waals surface area (Å²) in [5.74, 6) is -0.0864. The SMILES string of the molecule is N#CCC1CCN(Cc2ccc(-c3ccccc3)cc2)CC1F. The van der Waals surface area contributed by atoms with Crippen LogP contribution in [0.5, 0.6) is 0 Å². The van der Waals surface area contributed by atoms with Gasteiger partial charge >= 0.3 is 0 Å². The third-order valence-corrected chi connectivity index (χ3v) is 4.58. The highest BCUT2D eigenvalue weighted by atomic mass is 19.1. The molecule has 0 aliphatic carbocycles. The van der Waals surface area contributed by atoms with Crippen LogP contribution >= 0.6 is 0 Å². The van der Waals surface area contributed by atoms with Crippen LogP contribution in [0.3, 0.4) is 0 Å². The van der Waals surface area contributed by atoms with Crippen molar-refractivity contribution in [2.75, 3.05) is 13.1 Å². The molecule has 1 aliphatic heterocycles. The highest BCUT2D eigenvalue weighted by Gasteiger charge is 2.28. The number of hydrogen-bond acceptors (Lipinski definition) is 2. The highest BCUT2D eigenvalue weighted by Crippen LogP contribution is 2.25. The molecular formula is C20H21FN2. The normalized spacial score (nSPS) is 21.7. The van der Waals surface area contributed by atoms with Gasteiger partial charge in [-0.15, -0.1) is 0 Å². The van der Waals surface area contributed by atoms with Gasteiger partial charge in [0.05, 0.1) is 6.07 Å². The Morgan fingerprint density at radius 1 is 1.04 bits per heavy atom. The van der Waals surface area contributed by atoms with Crippen LogP contribution in [0.15, 0.2) is 54.6 Å². The Morgan fingerprint density at radius 3 is 2.39 bits per heavy atom. The number of alkyl halides is 1. The molecule has 1 fully saturated rings. The van der Waals surface area contributed by atoms with Crippen LogP contribution in [0.2, 0.25) is 0 Å². The maximum atomic E-state index is 14.1. The van der Waals surface area contributed by atoms with Crippen molar-refractivity contribution in [3.8, 4) is 17.2 Å². The fraction of sp³-hybridized carbons (Fsp3) is 0.350. The Kier molecular flexibility index (Phi) is 5.05. The molecule has 2 aromatic rings. The van der Waals surface area contributed by atoms with Gasteiger partial charge in [0, 0.05) is 25.4 Å². The van der Waals surface area contributed by atoms with Crippen molar-refractivity contribution in [3.05, 3.63) is 60.2 Å². The van der Waals surface area contributed by atoms with E-state index in [0.29, 0.717) is 13.0 Å². The molecule has 118 valence electrons. The molecule has 0 radical (unpaired) electrons. The molecule has 0 saturated carbocycles. The first-order valence-corrected chi connectivity index (χ1v) is 8.14. The van der Waals surface area contributed by atoms with Gasteiger partial charge in [-0.1, -0.05) is 54.6 Å². The second-order valence-electron chi connectivity index (χ2n) is 6.23. The molecule has 1 saturated heterocycles. The van der Waals surface area contributed by atoms with Crippen LogP contribution < -0.4 is 0 Å². The van der Waals surface area contributed by atoms with Crippen LogP contribution in [-0.2, 0) is 6.54 Å². The summed E-state index contributed by atoms with van der Waals surface area (Å²) in [4.78, 5) is 2.15. The van der Waals surface area contributed by atoms with Crippen LogP contribution in [0.25, 0.3) is 11.1 Å². The van der Waals surface area contributed by atoms with E-state index in [4.69, 9.17) is 5.26 Å². The van der Waals surface area contributed by atoms with Gasteiger partial charge in [0.2, 0.25) is 0 Å². The first-order valence-electron chi connectivity index (χ1n) is 8.14. The Hall–Kier alpha value is -2.18. The maximum absolute atomic E-state index is 14.1. The number of nitriles is 1. The lowest BCUT2D eigenvalue weighted by atomic mass is 9.92. The molecule has 2 atom stereocenters. The summed E-state index contributed by atoms with van der Waals surface area (Å²) in [5.41, 5.74) is 3.61. The van der Waals surface area contributed by atoms with Crippen molar-refractivity contribution in [1.82, 2.24) is 4.90 Å². The van der Waals surface area contributed by atoms with Gasteiger partial charge in [0.1, 0.15) is 6.17 Å². The zero-order valence-corrected chi connectivity index (χ0v) is 13.2. The molecule has 3 rings (SSSR count). The third-order valence-electron chi connectivity index (χ3n) is 4.58. The quantitative estimate of drug-likeness (QED) is 0.835. The Balaban J connectivity index is 1.60. The maximum Gasteiger partial charge on any atom is 0.117 e. The van der Waals surface area contributed by atoms with E-state index in [1.807, 2.05) is 18.2 Å². The number of hydrogen-bond donors (Lipinski definition) is 0. The highest BCUT2D eigenvalue weighted by molar-refractivity contribution is 5.63. The molecule has 0 N–H and O–H groups in total. The Morgan fingerprint density at radius 2 is 1.74 bits per heavy atom. The Bertz CT molecular complexity index is 660. The molecular weight excluding hydrogens is 287 g/mol. The second-order valence-corrected chi connectivity index (χ2v) is 6.23. The molecule has 0 bridgehead atoms. The number of likely N-dealkylation sites (tertiary alicyclic amines) is 1. The zero-order chi connectivity index (χ0) is 16.1. The van der Waals surface area contributed by atoms with Crippen molar-refractivity contribution >= 4 is 0 Å². The molecule has 0 spiro atoms. The zero-order valence-electron chi connectivity index (χ0n) is 13.2. The lowest BCUT2D eigenvalue weighted by Crippen LogP contribution is -2.41. The lowest BCUT2D eigenvalue weighted by Gasteiger charge is -2.33. The third kappa shape index (κ3) is 3.97. The largest absolute Gasteiger partial charge is 0.296 e. The van der Waals surface area contributed by atoms with Gasteiger partial charge in [0.25, 0.3) is 0 Å². The van der Waals surface area contributed by atoms with Crippen LogP contribution in [0.4, 0.5) is 4.39 Å². The predicted molar refractivity (Wildman–Crippen MR) is 90.4 cm³/mol. The fourth-order valence-corrected chi connectivity index (χ4v) is 3.20. The average molecular weight is 308 g/mol. The minimum Gasteiger partial charge on any atom is -0.296 e. The lowest BCUT2D eigenvalue weighted by molar-refractivity contribution is 0.0821. The van der Waals surface area contributed by atoms with Crippen LogP contribution in [0, 0.1) is 17.2 Å². The van der Waals surface area contributed by atoms with E-state index in [0.717, 1.165) is 19.5 Å². The van der Waals surface area contributed by atoms with E-state index in [9.17, 15) is 4.39 Å². The molecule has 0 amide bonds. The van der Waals surface area contributed by atoms with E-state index in [-0.39, 0.29) is 5.92 Å². The van der Waals surface area contributed by atoms with Gasteiger partial charge in [-0.05, 0) is 29.7 Å². The van der Waals surface area contributed by atoms with Gasteiger partial charge < -0.3 is 0 Å². The first kappa shape index (κ1) is 15.7. The van der Waals surface area contributed by atoms with Gasteiger partial charge in [-0.25, -0.2) is 4.39 Å². The van der Waals surface area contributed by atoms with Gasteiger partial charge in [0.15, 0.2) is 0 Å². The van der Waals surface area contributed by atoms with E-state index >= 15 is 0 Å². The summed E-state index contributed by atoms with van der Waals surface area (Å²) in [6.45, 7) is 2.08. The Labute approximate surface area is 137 Å². The fourth-order valence-electron chi connectivity index (χ4n) is 3.20. The number of rotatable bonds is 4. The summed E-state index contributed by atoms with van der Waals surface area (Å²) < 4.78 is 14.1. The summed E-state index contributed by atoms with van der Waals surface area (Å²) >= 11 is 0. The molecule has 2 aromatic carbocycles. The topological polar surface area (TPSA) is 27.0 Å². The second kappa shape index (κ2) is 7.39. The molecule has 1 aliphatic rings. The van der Waals surface area contributed by atoms with E-state index in [1.54, 1.807) is 0 Å². The molecule has 3 heteroatoms. The van der Waals surface area contributed by atoms with Gasteiger partial charge in [-0.2, -0.15) is 5.26 Å². The van der Waals surface area contributed by atoms with Crippen molar-refractivity contribution in [2.24, 2.45) is 5.92 Å². The molecule has 23 heavy (non-hydrogen) atoms. The van der Waals surface area contributed by atoms with Crippen LogP contribution in [-0.4, -0.2) is 24.2 Å². The smallest absolute Gasteiger partial charge is 0.117 e. The predicted octanol–water partition coefficient (Wildman–Crippen LogP) is 4.43. The minimum absolute atomic E-state index is 0.0864. The standard InChI is InChI=1S/C20H21FN2/c21-20-15-23(13-11-19(20)10-12-22)14-16-6-8-18(9-7-16)17-4-2-1-3-5-17/h1-9,19-20H,10-11,13-15H2. The molecule has 1 heterocycles. The van der Waals surface area contributed by atoms with E-state index < -0.39 is 6.17 Å². The van der Waals surface area contributed by atoms with Crippen molar-refractivity contribution in [3.63, 3.8) is 0 Å². The number of nitrogens with zero attached hydrogens (tertiary/aromatic N) is 2. The number of piperidine rings is 1. The summed E-state index contributed by atoms with van der Waals surface area (Å²) in [7, 11) is 0. The monoisotopic (exact) mass is 308 g/mol. The molecule has 2 unspecified atom stereocenters. The average Bonchev–Trinajstić information content (AvgIpc) is 2.59. The summed E-state index contributed by atoms with van der Waals surface area (Å²) in [6, 6.07) is 20.9. The van der Waals surface area contributed by atoms with Crippen LogP contribution in [0.1, 0.15) is 18.4 Å². The molecule has 2 nitrogen and oxygen atoms in total. The summed E-state index contributed by atoms with van der Waals surface area (Å²) in [5, 5.41) is 8.73. The minimum atomic E-state index is -0.882. The van der Waals surface area contributed by atoms with Crippen molar-refractivity contribution in [1.29, 1.82) is 5.26 Å². The van der Waals surface area contributed by atoms with E-state index in [1.165, 1.54) is 16.7 Å². The number of benzene rings is 2.